The fraction of sp³-hybridized carbons (Fsp3) is 0.273. The Morgan fingerprint density at radius 2 is 2.08 bits per heavy atom. The van der Waals surface area contributed by atoms with Crippen LogP contribution in [0.4, 0.5) is 0 Å². The van der Waals surface area contributed by atoms with Crippen LogP contribution < -0.4 is 5.48 Å². The van der Waals surface area contributed by atoms with Crippen LogP contribution in [0.3, 0.4) is 0 Å². The van der Waals surface area contributed by atoms with Crippen molar-refractivity contribution in [2.45, 2.75) is 13.3 Å². The molecule has 0 amide bonds. The Kier molecular flexibility index (Phi) is 4.06. The summed E-state index contributed by atoms with van der Waals surface area (Å²) in [6, 6.07) is 10.1. The second-order valence-electron chi connectivity index (χ2n) is 2.70. The molecule has 0 spiro atoms. The van der Waals surface area contributed by atoms with E-state index in [2.05, 4.69) is 18.5 Å². The highest BCUT2D eigenvalue weighted by molar-refractivity contribution is 5.62. The van der Waals surface area contributed by atoms with Crippen molar-refractivity contribution in [1.82, 2.24) is 5.48 Å². The first-order valence-electron chi connectivity index (χ1n) is 4.43. The second-order valence-corrected chi connectivity index (χ2v) is 2.70. The smallest absolute Gasteiger partial charge is 0.0636 e. The Morgan fingerprint density at radius 1 is 1.38 bits per heavy atom. The molecular formula is C11H15NO. The lowest BCUT2D eigenvalue weighted by Crippen LogP contribution is -2.09. The van der Waals surface area contributed by atoms with E-state index in [1.165, 1.54) is 0 Å². The molecule has 0 radical (unpaired) electrons. The normalized spacial score (nSPS) is 11.4. The van der Waals surface area contributed by atoms with Crippen molar-refractivity contribution >= 4 is 5.70 Å². The number of benzene rings is 1. The molecule has 0 aliphatic carbocycles. The molecule has 0 saturated heterocycles. The summed E-state index contributed by atoms with van der Waals surface area (Å²) in [5.74, 6) is 0. The van der Waals surface area contributed by atoms with Crippen molar-refractivity contribution in [3.05, 3.63) is 42.0 Å². The topological polar surface area (TPSA) is 21.3 Å². The molecule has 1 aromatic rings. The fourth-order valence-corrected chi connectivity index (χ4v) is 1.15. The molecule has 1 aromatic carbocycles. The number of hydroxylamine groups is 1. The minimum Gasteiger partial charge on any atom is -0.279 e. The molecular weight excluding hydrogens is 162 g/mol. The standard InChI is InChI=1S/C11H15NO/c1-3-7-11(12-13-2)10-8-5-4-6-9-10/h4-9,12H,3H2,1-2H3/b11-7-. The van der Waals surface area contributed by atoms with E-state index in [9.17, 15) is 0 Å². The molecule has 0 heterocycles. The Bertz CT molecular complexity index is 267. The number of hydrogen-bond donors (Lipinski definition) is 1. The van der Waals surface area contributed by atoms with Gasteiger partial charge in [0.15, 0.2) is 0 Å². The average molecular weight is 177 g/mol. The van der Waals surface area contributed by atoms with Crippen LogP contribution in [0.1, 0.15) is 18.9 Å². The molecule has 0 saturated carbocycles. The summed E-state index contributed by atoms with van der Waals surface area (Å²) in [5, 5.41) is 0. The molecule has 2 heteroatoms. The predicted molar refractivity (Wildman–Crippen MR) is 54.9 cm³/mol. The summed E-state index contributed by atoms with van der Waals surface area (Å²) < 4.78 is 0. The second kappa shape index (κ2) is 5.38. The lowest BCUT2D eigenvalue weighted by molar-refractivity contribution is 0.136. The van der Waals surface area contributed by atoms with Gasteiger partial charge in [-0.3, -0.25) is 10.3 Å². The fourth-order valence-electron chi connectivity index (χ4n) is 1.15. The van der Waals surface area contributed by atoms with E-state index < -0.39 is 0 Å². The van der Waals surface area contributed by atoms with Crippen LogP contribution in [0.2, 0.25) is 0 Å². The quantitative estimate of drug-likeness (QED) is 0.714. The SMILES string of the molecule is CC/C=C(\NOC)c1ccccc1. The Balaban J connectivity index is 2.83. The van der Waals surface area contributed by atoms with Crippen molar-refractivity contribution in [3.63, 3.8) is 0 Å². The molecule has 13 heavy (non-hydrogen) atoms. The van der Waals surface area contributed by atoms with Gasteiger partial charge in [-0.1, -0.05) is 43.3 Å². The van der Waals surface area contributed by atoms with Gasteiger partial charge in [-0.25, -0.2) is 0 Å². The van der Waals surface area contributed by atoms with Gasteiger partial charge in [0, 0.05) is 0 Å². The van der Waals surface area contributed by atoms with E-state index in [0.29, 0.717) is 0 Å². The van der Waals surface area contributed by atoms with Gasteiger partial charge in [0.1, 0.15) is 0 Å². The molecule has 0 atom stereocenters. The van der Waals surface area contributed by atoms with Crippen molar-refractivity contribution in [1.29, 1.82) is 0 Å². The summed E-state index contributed by atoms with van der Waals surface area (Å²) in [6.45, 7) is 2.10. The summed E-state index contributed by atoms with van der Waals surface area (Å²) in [4.78, 5) is 4.89. The van der Waals surface area contributed by atoms with Crippen LogP contribution in [0, 0.1) is 0 Å². The summed E-state index contributed by atoms with van der Waals surface area (Å²) in [7, 11) is 1.62. The Labute approximate surface area is 79.2 Å². The average Bonchev–Trinajstić information content (AvgIpc) is 2.19. The molecule has 0 aliphatic rings. The highest BCUT2D eigenvalue weighted by atomic mass is 16.6. The van der Waals surface area contributed by atoms with Crippen molar-refractivity contribution in [2.75, 3.05) is 7.11 Å². The molecule has 0 aliphatic heterocycles. The molecule has 0 aromatic heterocycles. The highest BCUT2D eigenvalue weighted by Gasteiger charge is 1.97. The molecule has 1 rings (SSSR count). The maximum absolute atomic E-state index is 4.89. The molecule has 0 unspecified atom stereocenters. The van der Waals surface area contributed by atoms with Crippen molar-refractivity contribution in [3.8, 4) is 0 Å². The van der Waals surface area contributed by atoms with Crippen LogP contribution >= 0.6 is 0 Å². The Hall–Kier alpha value is -1.28. The van der Waals surface area contributed by atoms with E-state index in [1.54, 1.807) is 7.11 Å². The lowest BCUT2D eigenvalue weighted by Gasteiger charge is -2.08. The molecule has 1 N–H and O–H groups in total. The Morgan fingerprint density at radius 3 is 2.62 bits per heavy atom. The first-order chi connectivity index (χ1) is 6.38. The van der Waals surface area contributed by atoms with Crippen molar-refractivity contribution < 1.29 is 4.84 Å². The third-order valence-electron chi connectivity index (χ3n) is 1.71. The van der Waals surface area contributed by atoms with Crippen molar-refractivity contribution in [2.24, 2.45) is 0 Å². The van der Waals surface area contributed by atoms with Gasteiger partial charge in [0.05, 0.1) is 12.8 Å². The van der Waals surface area contributed by atoms with Gasteiger partial charge >= 0.3 is 0 Å². The number of allylic oxidation sites excluding steroid dienone is 1. The highest BCUT2D eigenvalue weighted by Crippen LogP contribution is 2.10. The minimum absolute atomic E-state index is 0.987. The minimum atomic E-state index is 0.987. The number of nitrogens with one attached hydrogen (secondary N) is 1. The zero-order valence-corrected chi connectivity index (χ0v) is 8.08. The zero-order valence-electron chi connectivity index (χ0n) is 8.08. The van der Waals surface area contributed by atoms with E-state index in [0.717, 1.165) is 17.7 Å². The monoisotopic (exact) mass is 177 g/mol. The van der Waals surface area contributed by atoms with E-state index in [4.69, 9.17) is 4.84 Å². The number of hydrogen-bond acceptors (Lipinski definition) is 2. The predicted octanol–water partition coefficient (Wildman–Crippen LogP) is 2.59. The zero-order chi connectivity index (χ0) is 9.52. The molecule has 70 valence electrons. The first kappa shape index (κ1) is 9.81. The van der Waals surface area contributed by atoms with Crippen LogP contribution in [0.5, 0.6) is 0 Å². The van der Waals surface area contributed by atoms with Gasteiger partial charge in [0.2, 0.25) is 0 Å². The molecule has 0 bridgehead atoms. The van der Waals surface area contributed by atoms with Crippen LogP contribution in [0.15, 0.2) is 36.4 Å². The summed E-state index contributed by atoms with van der Waals surface area (Å²) in [5.41, 5.74) is 5.02. The molecule has 2 nitrogen and oxygen atoms in total. The van der Waals surface area contributed by atoms with E-state index >= 15 is 0 Å². The van der Waals surface area contributed by atoms with Gasteiger partial charge < -0.3 is 0 Å². The van der Waals surface area contributed by atoms with E-state index in [1.807, 2.05) is 30.3 Å². The van der Waals surface area contributed by atoms with Crippen LogP contribution in [-0.4, -0.2) is 7.11 Å². The van der Waals surface area contributed by atoms with Crippen LogP contribution in [-0.2, 0) is 4.84 Å². The van der Waals surface area contributed by atoms with Gasteiger partial charge in [0.25, 0.3) is 0 Å². The van der Waals surface area contributed by atoms with Gasteiger partial charge in [-0.05, 0) is 12.0 Å². The largest absolute Gasteiger partial charge is 0.279 e. The lowest BCUT2D eigenvalue weighted by atomic mass is 10.1. The first-order valence-corrected chi connectivity index (χ1v) is 4.43. The maximum Gasteiger partial charge on any atom is 0.0636 e. The number of rotatable bonds is 4. The van der Waals surface area contributed by atoms with E-state index in [-0.39, 0.29) is 0 Å². The third kappa shape index (κ3) is 2.92. The van der Waals surface area contributed by atoms with Gasteiger partial charge in [-0.2, -0.15) is 0 Å². The summed E-state index contributed by atoms with van der Waals surface area (Å²) in [6.07, 6.45) is 3.08. The van der Waals surface area contributed by atoms with Gasteiger partial charge in [-0.15, -0.1) is 0 Å². The summed E-state index contributed by atoms with van der Waals surface area (Å²) >= 11 is 0. The maximum atomic E-state index is 4.89. The molecule has 0 fully saturated rings. The van der Waals surface area contributed by atoms with Crippen LogP contribution in [0.25, 0.3) is 5.70 Å². The third-order valence-corrected chi connectivity index (χ3v) is 1.71.